The van der Waals surface area contributed by atoms with Gasteiger partial charge in [-0.3, -0.25) is 9.69 Å². The van der Waals surface area contributed by atoms with Crippen molar-refractivity contribution in [3.63, 3.8) is 0 Å². The number of hydrogen-bond acceptors (Lipinski definition) is 3. The van der Waals surface area contributed by atoms with Gasteiger partial charge in [-0.05, 0) is 56.4 Å². The lowest BCUT2D eigenvalue weighted by molar-refractivity contribution is -0.130. The topological polar surface area (TPSA) is 49.9 Å². The van der Waals surface area contributed by atoms with Gasteiger partial charge in [-0.25, -0.2) is 4.79 Å². The third-order valence-corrected chi connectivity index (χ3v) is 6.64. The Kier molecular flexibility index (Phi) is 4.74. The van der Waals surface area contributed by atoms with Crippen molar-refractivity contribution in [2.24, 2.45) is 5.41 Å². The second-order valence-corrected chi connectivity index (χ2v) is 8.12. The Balaban J connectivity index is 1.44. The SMILES string of the molecule is C[C@@H]1C(=O)N(C2CCC3(CCOCC3)CC2)C(=O)N1Cc1ccccc1. The zero-order valence-corrected chi connectivity index (χ0v) is 15.5. The molecule has 1 aromatic carbocycles. The second kappa shape index (κ2) is 7.03. The number of carbonyl (C=O) groups is 2. The van der Waals surface area contributed by atoms with Crippen LogP contribution in [-0.4, -0.2) is 47.0 Å². The predicted octanol–water partition coefficient (Wildman–Crippen LogP) is 3.58. The van der Waals surface area contributed by atoms with Crippen LogP contribution in [0.25, 0.3) is 0 Å². The van der Waals surface area contributed by atoms with Gasteiger partial charge in [0.1, 0.15) is 6.04 Å². The fraction of sp³-hybridized carbons (Fsp3) is 0.619. The first-order chi connectivity index (χ1) is 12.6. The van der Waals surface area contributed by atoms with Crippen molar-refractivity contribution >= 4 is 11.9 Å². The van der Waals surface area contributed by atoms with Crippen molar-refractivity contribution in [1.82, 2.24) is 9.80 Å². The molecule has 4 rings (SSSR count). The van der Waals surface area contributed by atoms with Crippen LogP contribution in [0.2, 0.25) is 0 Å². The Morgan fingerprint density at radius 3 is 2.35 bits per heavy atom. The van der Waals surface area contributed by atoms with E-state index in [2.05, 4.69) is 0 Å². The minimum Gasteiger partial charge on any atom is -0.381 e. The smallest absolute Gasteiger partial charge is 0.328 e. The summed E-state index contributed by atoms with van der Waals surface area (Å²) in [7, 11) is 0. The van der Waals surface area contributed by atoms with Crippen LogP contribution in [0, 0.1) is 5.41 Å². The zero-order valence-electron chi connectivity index (χ0n) is 15.5. The molecule has 2 aliphatic heterocycles. The Morgan fingerprint density at radius 2 is 1.69 bits per heavy atom. The number of imide groups is 1. The van der Waals surface area contributed by atoms with E-state index in [0.717, 1.165) is 57.3 Å². The second-order valence-electron chi connectivity index (χ2n) is 8.12. The van der Waals surface area contributed by atoms with E-state index >= 15 is 0 Å². The number of amides is 3. The molecule has 0 unspecified atom stereocenters. The van der Waals surface area contributed by atoms with Gasteiger partial charge in [0.2, 0.25) is 0 Å². The van der Waals surface area contributed by atoms with Gasteiger partial charge in [0, 0.05) is 25.8 Å². The average Bonchev–Trinajstić information content (AvgIpc) is 2.88. The molecule has 5 nitrogen and oxygen atoms in total. The average molecular weight is 356 g/mol. The zero-order chi connectivity index (χ0) is 18.1. The highest BCUT2D eigenvalue weighted by Crippen LogP contribution is 2.45. The molecule has 2 heterocycles. The summed E-state index contributed by atoms with van der Waals surface area (Å²) in [6.07, 6.45) is 6.32. The van der Waals surface area contributed by atoms with Crippen LogP contribution in [-0.2, 0) is 16.1 Å². The van der Waals surface area contributed by atoms with Gasteiger partial charge in [0.25, 0.3) is 5.91 Å². The van der Waals surface area contributed by atoms with E-state index < -0.39 is 0 Å². The first-order valence-electron chi connectivity index (χ1n) is 9.85. The summed E-state index contributed by atoms with van der Waals surface area (Å²) in [5, 5.41) is 0. The molecule has 5 heteroatoms. The molecular weight excluding hydrogens is 328 g/mol. The lowest BCUT2D eigenvalue weighted by Crippen LogP contribution is -2.46. The maximum absolute atomic E-state index is 13.0. The molecular formula is C21H28N2O3. The molecule has 1 saturated carbocycles. The van der Waals surface area contributed by atoms with Crippen LogP contribution < -0.4 is 0 Å². The molecule has 0 radical (unpaired) electrons. The minimum absolute atomic E-state index is 0.0288. The molecule has 1 aromatic rings. The van der Waals surface area contributed by atoms with Gasteiger partial charge in [-0.1, -0.05) is 30.3 Å². The summed E-state index contributed by atoms with van der Waals surface area (Å²) in [4.78, 5) is 29.1. The van der Waals surface area contributed by atoms with Gasteiger partial charge in [-0.15, -0.1) is 0 Å². The van der Waals surface area contributed by atoms with Crippen LogP contribution in [0.15, 0.2) is 30.3 Å². The van der Waals surface area contributed by atoms with E-state index in [0.29, 0.717) is 12.0 Å². The van der Waals surface area contributed by atoms with Crippen LogP contribution in [0.4, 0.5) is 4.79 Å². The molecule has 0 bridgehead atoms. The maximum atomic E-state index is 13.0. The highest BCUT2D eigenvalue weighted by atomic mass is 16.5. The fourth-order valence-corrected chi connectivity index (χ4v) is 4.83. The van der Waals surface area contributed by atoms with E-state index in [1.807, 2.05) is 37.3 Å². The van der Waals surface area contributed by atoms with Gasteiger partial charge in [0.05, 0.1) is 0 Å². The van der Waals surface area contributed by atoms with Crippen molar-refractivity contribution in [3.05, 3.63) is 35.9 Å². The summed E-state index contributed by atoms with van der Waals surface area (Å²) in [5.41, 5.74) is 1.45. The standard InChI is InChI=1S/C21H28N2O3/c1-16-19(24)23(20(25)22(16)15-17-5-3-2-4-6-17)18-7-9-21(10-8-18)11-13-26-14-12-21/h2-6,16,18H,7-15H2,1H3/t16-/m1/s1. The molecule has 1 spiro atoms. The van der Waals surface area contributed by atoms with Crippen molar-refractivity contribution in [1.29, 1.82) is 0 Å². The predicted molar refractivity (Wildman–Crippen MR) is 98.4 cm³/mol. The van der Waals surface area contributed by atoms with E-state index in [4.69, 9.17) is 4.74 Å². The van der Waals surface area contributed by atoms with E-state index in [1.165, 1.54) is 0 Å². The normalized spacial score (nSPS) is 26.7. The third-order valence-electron chi connectivity index (χ3n) is 6.64. The van der Waals surface area contributed by atoms with Crippen LogP contribution >= 0.6 is 0 Å². The lowest BCUT2D eigenvalue weighted by Gasteiger charge is -2.44. The Bertz CT molecular complexity index is 659. The first-order valence-corrected chi connectivity index (χ1v) is 9.85. The molecule has 1 aliphatic carbocycles. The Labute approximate surface area is 155 Å². The van der Waals surface area contributed by atoms with Crippen molar-refractivity contribution < 1.29 is 14.3 Å². The van der Waals surface area contributed by atoms with Gasteiger partial charge >= 0.3 is 6.03 Å². The summed E-state index contributed by atoms with van der Waals surface area (Å²) in [5.74, 6) is -0.0288. The van der Waals surface area contributed by atoms with Crippen LogP contribution in [0.3, 0.4) is 0 Å². The van der Waals surface area contributed by atoms with Crippen molar-refractivity contribution in [2.45, 2.75) is 64.1 Å². The molecule has 0 N–H and O–H groups in total. The molecule has 1 atom stereocenters. The van der Waals surface area contributed by atoms with Gasteiger partial charge in [0.15, 0.2) is 0 Å². The number of hydrogen-bond donors (Lipinski definition) is 0. The maximum Gasteiger partial charge on any atom is 0.328 e. The number of carbonyl (C=O) groups excluding carboxylic acids is 2. The quantitative estimate of drug-likeness (QED) is 0.778. The van der Waals surface area contributed by atoms with E-state index in [9.17, 15) is 9.59 Å². The Hall–Kier alpha value is -1.88. The molecule has 3 fully saturated rings. The summed E-state index contributed by atoms with van der Waals surface area (Å²) in [6.45, 7) is 4.06. The summed E-state index contributed by atoms with van der Waals surface area (Å²) < 4.78 is 5.52. The highest BCUT2D eigenvalue weighted by Gasteiger charge is 2.48. The molecule has 26 heavy (non-hydrogen) atoms. The third kappa shape index (κ3) is 3.13. The Morgan fingerprint density at radius 1 is 1.04 bits per heavy atom. The van der Waals surface area contributed by atoms with Gasteiger partial charge < -0.3 is 9.64 Å². The summed E-state index contributed by atoms with van der Waals surface area (Å²) >= 11 is 0. The van der Waals surface area contributed by atoms with Crippen molar-refractivity contribution in [3.8, 4) is 0 Å². The number of ether oxygens (including phenoxy) is 1. The largest absolute Gasteiger partial charge is 0.381 e. The van der Waals surface area contributed by atoms with E-state index in [1.54, 1.807) is 9.80 Å². The summed E-state index contributed by atoms with van der Waals surface area (Å²) in [6, 6.07) is 9.48. The van der Waals surface area contributed by atoms with Crippen LogP contribution in [0.1, 0.15) is 51.0 Å². The minimum atomic E-state index is -0.373. The number of nitrogens with zero attached hydrogens (tertiary/aromatic N) is 2. The monoisotopic (exact) mass is 356 g/mol. The molecule has 140 valence electrons. The van der Waals surface area contributed by atoms with E-state index in [-0.39, 0.29) is 24.0 Å². The number of urea groups is 1. The fourth-order valence-electron chi connectivity index (χ4n) is 4.83. The number of benzene rings is 1. The van der Waals surface area contributed by atoms with Crippen LogP contribution in [0.5, 0.6) is 0 Å². The molecule has 3 aliphatic rings. The lowest BCUT2D eigenvalue weighted by atomic mass is 9.68. The highest BCUT2D eigenvalue weighted by molar-refractivity contribution is 6.04. The molecule has 0 aromatic heterocycles. The number of rotatable bonds is 3. The van der Waals surface area contributed by atoms with Crippen molar-refractivity contribution in [2.75, 3.05) is 13.2 Å². The van der Waals surface area contributed by atoms with Gasteiger partial charge in [-0.2, -0.15) is 0 Å². The first kappa shape index (κ1) is 17.5. The molecule has 2 saturated heterocycles. The molecule has 3 amide bonds.